The molecule has 112 valence electrons. The van der Waals surface area contributed by atoms with E-state index in [0.29, 0.717) is 13.0 Å². The number of rotatable bonds is 5. The van der Waals surface area contributed by atoms with Crippen molar-refractivity contribution >= 4 is 27.3 Å². The van der Waals surface area contributed by atoms with Crippen LogP contribution in [0.5, 0.6) is 0 Å². The molecule has 0 radical (unpaired) electrons. The van der Waals surface area contributed by atoms with Crippen LogP contribution in [0.15, 0.2) is 47.6 Å². The number of pyridine rings is 1. The fourth-order valence-corrected chi connectivity index (χ4v) is 3.71. The van der Waals surface area contributed by atoms with Gasteiger partial charge in [-0.25, -0.2) is 12.7 Å². The minimum Gasteiger partial charge on any atom is -0.398 e. The Hall–Kier alpha value is -1.63. The molecule has 1 aromatic carbocycles. The van der Waals surface area contributed by atoms with E-state index in [1.807, 2.05) is 12.1 Å². The number of hydrogen-bond acceptors (Lipinski definition) is 4. The summed E-state index contributed by atoms with van der Waals surface area (Å²) in [6, 6.07) is 8.36. The number of anilines is 1. The highest BCUT2D eigenvalue weighted by Gasteiger charge is 2.25. The van der Waals surface area contributed by atoms with Crippen molar-refractivity contribution in [3.63, 3.8) is 0 Å². The average molecular weight is 326 g/mol. The third kappa shape index (κ3) is 3.53. The molecule has 2 rings (SSSR count). The van der Waals surface area contributed by atoms with Gasteiger partial charge in [0.05, 0.1) is 10.7 Å². The lowest BCUT2D eigenvalue weighted by atomic mass is 10.2. The van der Waals surface area contributed by atoms with Crippen LogP contribution in [0.3, 0.4) is 0 Å². The summed E-state index contributed by atoms with van der Waals surface area (Å²) in [5.74, 6) is 0. The van der Waals surface area contributed by atoms with E-state index < -0.39 is 10.0 Å². The van der Waals surface area contributed by atoms with E-state index >= 15 is 0 Å². The smallest absolute Gasteiger partial charge is 0.246 e. The fourth-order valence-electron chi connectivity index (χ4n) is 1.91. The SMILES string of the molecule is CN(CCc1ccncc1)S(=O)(=O)c1c(N)cccc1Cl. The Morgan fingerprint density at radius 1 is 1.24 bits per heavy atom. The van der Waals surface area contributed by atoms with Gasteiger partial charge in [0.25, 0.3) is 0 Å². The first-order chi connectivity index (χ1) is 9.93. The van der Waals surface area contributed by atoms with Crippen LogP contribution < -0.4 is 5.73 Å². The molecule has 5 nitrogen and oxygen atoms in total. The summed E-state index contributed by atoms with van der Waals surface area (Å²) >= 11 is 5.98. The zero-order chi connectivity index (χ0) is 15.5. The van der Waals surface area contributed by atoms with Crippen molar-refractivity contribution in [2.75, 3.05) is 19.3 Å². The number of benzene rings is 1. The molecular weight excluding hydrogens is 310 g/mol. The molecule has 0 unspecified atom stereocenters. The lowest BCUT2D eigenvalue weighted by Crippen LogP contribution is -2.29. The van der Waals surface area contributed by atoms with Crippen molar-refractivity contribution in [2.24, 2.45) is 0 Å². The number of halogens is 1. The standard InChI is InChI=1S/C14H16ClN3O2S/c1-18(10-7-11-5-8-17-9-6-11)21(19,20)14-12(15)3-2-4-13(14)16/h2-6,8-9H,7,10,16H2,1H3. The van der Waals surface area contributed by atoms with Gasteiger partial charge in [0.15, 0.2) is 0 Å². The summed E-state index contributed by atoms with van der Waals surface area (Å²) in [5.41, 5.74) is 6.92. The van der Waals surface area contributed by atoms with Crippen LogP contribution in [0.25, 0.3) is 0 Å². The van der Waals surface area contributed by atoms with E-state index in [0.717, 1.165) is 5.56 Å². The van der Waals surface area contributed by atoms with E-state index in [1.165, 1.54) is 23.5 Å². The van der Waals surface area contributed by atoms with Crippen molar-refractivity contribution in [3.05, 3.63) is 53.3 Å². The van der Waals surface area contributed by atoms with Gasteiger partial charge >= 0.3 is 0 Å². The monoisotopic (exact) mass is 325 g/mol. The highest BCUT2D eigenvalue weighted by Crippen LogP contribution is 2.29. The first-order valence-electron chi connectivity index (χ1n) is 6.32. The number of nitrogens with two attached hydrogens (primary N) is 1. The summed E-state index contributed by atoms with van der Waals surface area (Å²) in [6.07, 6.45) is 3.94. The van der Waals surface area contributed by atoms with Gasteiger partial charge in [0, 0.05) is 26.0 Å². The van der Waals surface area contributed by atoms with Gasteiger partial charge < -0.3 is 5.73 Å². The number of aromatic nitrogens is 1. The lowest BCUT2D eigenvalue weighted by molar-refractivity contribution is 0.473. The van der Waals surface area contributed by atoms with Crippen molar-refractivity contribution in [1.29, 1.82) is 0 Å². The molecule has 1 heterocycles. The van der Waals surface area contributed by atoms with Gasteiger partial charge in [0.1, 0.15) is 4.90 Å². The predicted octanol–water partition coefficient (Wildman–Crippen LogP) is 2.18. The van der Waals surface area contributed by atoms with Gasteiger partial charge in [-0.15, -0.1) is 0 Å². The molecule has 0 amide bonds. The van der Waals surface area contributed by atoms with E-state index in [-0.39, 0.29) is 15.6 Å². The molecule has 0 aliphatic heterocycles. The number of hydrogen-bond donors (Lipinski definition) is 1. The Labute approximate surface area is 129 Å². The number of sulfonamides is 1. The van der Waals surface area contributed by atoms with Crippen molar-refractivity contribution < 1.29 is 8.42 Å². The molecule has 0 atom stereocenters. The first-order valence-corrected chi connectivity index (χ1v) is 8.14. The minimum absolute atomic E-state index is 0.0381. The Balaban J connectivity index is 2.19. The number of nitrogens with zero attached hydrogens (tertiary/aromatic N) is 2. The van der Waals surface area contributed by atoms with Crippen molar-refractivity contribution in [1.82, 2.24) is 9.29 Å². The summed E-state index contributed by atoms with van der Waals surface area (Å²) in [6.45, 7) is 0.330. The zero-order valence-electron chi connectivity index (χ0n) is 11.5. The molecule has 0 spiro atoms. The molecule has 0 aliphatic carbocycles. The van der Waals surface area contributed by atoms with Crippen LogP contribution in [-0.4, -0.2) is 31.3 Å². The van der Waals surface area contributed by atoms with Gasteiger partial charge in [-0.1, -0.05) is 17.7 Å². The molecule has 2 aromatic rings. The van der Waals surface area contributed by atoms with Crippen molar-refractivity contribution in [3.8, 4) is 0 Å². The zero-order valence-corrected chi connectivity index (χ0v) is 13.1. The van der Waals surface area contributed by atoms with E-state index in [1.54, 1.807) is 18.5 Å². The molecule has 7 heteroatoms. The number of nitrogen functional groups attached to an aromatic ring is 1. The summed E-state index contributed by atoms with van der Waals surface area (Å²) in [4.78, 5) is 3.89. The van der Waals surface area contributed by atoms with Crippen LogP contribution in [0.1, 0.15) is 5.56 Å². The van der Waals surface area contributed by atoms with Gasteiger partial charge in [-0.2, -0.15) is 0 Å². The molecule has 0 fully saturated rings. The molecule has 0 saturated carbocycles. The Morgan fingerprint density at radius 2 is 1.90 bits per heavy atom. The fraction of sp³-hybridized carbons (Fsp3) is 0.214. The third-order valence-electron chi connectivity index (χ3n) is 3.13. The Bertz CT molecular complexity index is 700. The molecule has 0 saturated heterocycles. The molecule has 21 heavy (non-hydrogen) atoms. The second kappa shape index (κ2) is 6.43. The maximum absolute atomic E-state index is 12.5. The van der Waals surface area contributed by atoms with E-state index in [4.69, 9.17) is 17.3 Å². The summed E-state index contributed by atoms with van der Waals surface area (Å²) in [5, 5.41) is 0.130. The molecule has 0 bridgehead atoms. The number of likely N-dealkylation sites (N-methyl/N-ethyl adjacent to an activating group) is 1. The van der Waals surface area contributed by atoms with Gasteiger partial charge in [0.2, 0.25) is 10.0 Å². The highest BCUT2D eigenvalue weighted by atomic mass is 35.5. The Morgan fingerprint density at radius 3 is 2.52 bits per heavy atom. The van der Waals surface area contributed by atoms with Crippen molar-refractivity contribution in [2.45, 2.75) is 11.3 Å². The molecule has 1 aromatic heterocycles. The first kappa shape index (κ1) is 15.8. The normalized spacial score (nSPS) is 11.8. The minimum atomic E-state index is -3.71. The Kier molecular flexibility index (Phi) is 4.82. The van der Waals surface area contributed by atoms with Crippen LogP contribution >= 0.6 is 11.6 Å². The second-order valence-corrected chi connectivity index (χ2v) is 6.98. The molecular formula is C14H16ClN3O2S. The predicted molar refractivity (Wildman–Crippen MR) is 83.6 cm³/mol. The maximum atomic E-state index is 12.5. The second-order valence-electron chi connectivity index (χ2n) is 4.59. The van der Waals surface area contributed by atoms with Crippen LogP contribution in [0.4, 0.5) is 5.69 Å². The van der Waals surface area contributed by atoms with Crippen LogP contribution in [0, 0.1) is 0 Å². The van der Waals surface area contributed by atoms with Crippen LogP contribution in [-0.2, 0) is 16.4 Å². The third-order valence-corrected chi connectivity index (χ3v) is 5.53. The van der Waals surface area contributed by atoms with Gasteiger partial charge in [-0.3, -0.25) is 4.98 Å². The largest absolute Gasteiger partial charge is 0.398 e. The van der Waals surface area contributed by atoms with Crippen LogP contribution in [0.2, 0.25) is 5.02 Å². The quantitative estimate of drug-likeness (QED) is 0.855. The highest BCUT2D eigenvalue weighted by molar-refractivity contribution is 7.89. The maximum Gasteiger partial charge on any atom is 0.246 e. The lowest BCUT2D eigenvalue weighted by Gasteiger charge is -2.19. The van der Waals surface area contributed by atoms with E-state index in [9.17, 15) is 8.42 Å². The average Bonchev–Trinajstić information content (AvgIpc) is 2.45. The molecule has 0 aliphatic rings. The molecule has 2 N–H and O–H groups in total. The van der Waals surface area contributed by atoms with E-state index in [2.05, 4.69) is 4.98 Å². The van der Waals surface area contributed by atoms with Gasteiger partial charge in [-0.05, 0) is 36.2 Å². The topological polar surface area (TPSA) is 76.3 Å². The summed E-state index contributed by atoms with van der Waals surface area (Å²) in [7, 11) is -2.20. The summed E-state index contributed by atoms with van der Waals surface area (Å²) < 4.78 is 26.3.